The van der Waals surface area contributed by atoms with Crippen LogP contribution in [0, 0.1) is 0 Å². The van der Waals surface area contributed by atoms with Gasteiger partial charge in [-0.1, -0.05) is 30.3 Å². The number of nitrogen functional groups attached to an aromatic ring is 1. The standard InChI is InChI=1S/C14H18N4O/c1-10(8-11-6-4-3-5-7-11)18-14-12(19-2)13(15)16-9-17-14/h3-7,9-10H,8H2,1-2H3,(H3,15,16,17,18). The molecule has 0 aliphatic heterocycles. The van der Waals surface area contributed by atoms with Gasteiger partial charge in [0.05, 0.1) is 7.11 Å². The zero-order valence-corrected chi connectivity index (χ0v) is 11.1. The van der Waals surface area contributed by atoms with Gasteiger partial charge in [-0.3, -0.25) is 0 Å². The predicted octanol–water partition coefficient (Wildman–Crippen LogP) is 2.11. The van der Waals surface area contributed by atoms with Gasteiger partial charge in [0, 0.05) is 6.04 Å². The lowest BCUT2D eigenvalue weighted by atomic mass is 10.1. The van der Waals surface area contributed by atoms with Crippen molar-refractivity contribution < 1.29 is 4.74 Å². The van der Waals surface area contributed by atoms with Crippen molar-refractivity contribution in [3.8, 4) is 5.75 Å². The Labute approximate surface area is 112 Å². The van der Waals surface area contributed by atoms with Crippen molar-refractivity contribution in [2.24, 2.45) is 0 Å². The number of hydrogen-bond donors (Lipinski definition) is 2. The monoisotopic (exact) mass is 258 g/mol. The molecular formula is C14H18N4O. The number of nitrogens with one attached hydrogen (secondary N) is 1. The van der Waals surface area contributed by atoms with Crippen LogP contribution < -0.4 is 15.8 Å². The number of methoxy groups -OCH3 is 1. The van der Waals surface area contributed by atoms with Crippen LogP contribution in [-0.4, -0.2) is 23.1 Å². The van der Waals surface area contributed by atoms with Gasteiger partial charge in [-0.15, -0.1) is 0 Å². The van der Waals surface area contributed by atoms with Gasteiger partial charge >= 0.3 is 0 Å². The molecule has 0 amide bonds. The van der Waals surface area contributed by atoms with Crippen LogP contribution in [0.1, 0.15) is 12.5 Å². The van der Waals surface area contributed by atoms with E-state index in [1.807, 2.05) is 18.2 Å². The molecule has 2 rings (SSSR count). The summed E-state index contributed by atoms with van der Waals surface area (Å²) in [6, 6.07) is 10.5. The number of rotatable bonds is 5. The number of benzene rings is 1. The molecular weight excluding hydrogens is 240 g/mol. The molecule has 0 saturated carbocycles. The molecule has 1 unspecified atom stereocenters. The van der Waals surface area contributed by atoms with Crippen LogP contribution >= 0.6 is 0 Å². The van der Waals surface area contributed by atoms with Crippen LogP contribution in [0.15, 0.2) is 36.7 Å². The highest BCUT2D eigenvalue weighted by Gasteiger charge is 2.12. The Balaban J connectivity index is 2.07. The molecule has 0 aliphatic rings. The molecule has 1 aromatic heterocycles. The van der Waals surface area contributed by atoms with E-state index in [1.165, 1.54) is 11.9 Å². The molecule has 5 heteroatoms. The second kappa shape index (κ2) is 6.04. The average molecular weight is 258 g/mol. The van der Waals surface area contributed by atoms with E-state index in [0.29, 0.717) is 17.4 Å². The van der Waals surface area contributed by atoms with E-state index in [4.69, 9.17) is 10.5 Å². The van der Waals surface area contributed by atoms with Gasteiger partial charge < -0.3 is 15.8 Å². The third-order valence-corrected chi connectivity index (χ3v) is 2.80. The zero-order chi connectivity index (χ0) is 13.7. The highest BCUT2D eigenvalue weighted by atomic mass is 16.5. The number of anilines is 2. The first kappa shape index (κ1) is 13.1. The lowest BCUT2D eigenvalue weighted by Crippen LogP contribution is -2.19. The van der Waals surface area contributed by atoms with Crippen LogP contribution in [-0.2, 0) is 6.42 Å². The van der Waals surface area contributed by atoms with Crippen LogP contribution in [0.5, 0.6) is 5.75 Å². The molecule has 0 bridgehead atoms. The fraction of sp³-hybridized carbons (Fsp3) is 0.286. The highest BCUT2D eigenvalue weighted by molar-refractivity contribution is 5.61. The first-order valence-electron chi connectivity index (χ1n) is 6.15. The van der Waals surface area contributed by atoms with E-state index in [9.17, 15) is 0 Å². The summed E-state index contributed by atoms with van der Waals surface area (Å²) in [6.45, 7) is 2.09. The molecule has 0 spiro atoms. The van der Waals surface area contributed by atoms with Crippen molar-refractivity contribution in [3.05, 3.63) is 42.2 Å². The van der Waals surface area contributed by atoms with Crippen molar-refractivity contribution in [2.75, 3.05) is 18.2 Å². The van der Waals surface area contributed by atoms with Crippen molar-refractivity contribution in [3.63, 3.8) is 0 Å². The molecule has 0 aliphatic carbocycles. The number of ether oxygens (including phenoxy) is 1. The van der Waals surface area contributed by atoms with Gasteiger partial charge in [0.2, 0.25) is 5.75 Å². The predicted molar refractivity (Wildman–Crippen MR) is 76.2 cm³/mol. The molecule has 3 N–H and O–H groups in total. The molecule has 0 saturated heterocycles. The van der Waals surface area contributed by atoms with Crippen molar-refractivity contribution in [1.29, 1.82) is 0 Å². The molecule has 0 fully saturated rings. The van der Waals surface area contributed by atoms with Crippen LogP contribution in [0.25, 0.3) is 0 Å². The molecule has 0 radical (unpaired) electrons. The minimum absolute atomic E-state index is 0.214. The number of nitrogens with zero attached hydrogens (tertiary/aromatic N) is 2. The van der Waals surface area contributed by atoms with Gasteiger partial charge in [-0.2, -0.15) is 0 Å². The SMILES string of the molecule is COc1c(N)ncnc1NC(C)Cc1ccccc1. The lowest BCUT2D eigenvalue weighted by molar-refractivity contribution is 0.414. The van der Waals surface area contributed by atoms with Gasteiger partial charge in [0.15, 0.2) is 11.6 Å². The molecule has 1 atom stereocenters. The first-order valence-corrected chi connectivity index (χ1v) is 6.15. The highest BCUT2D eigenvalue weighted by Crippen LogP contribution is 2.27. The number of hydrogen-bond acceptors (Lipinski definition) is 5. The Morgan fingerprint density at radius 3 is 2.68 bits per heavy atom. The van der Waals surface area contributed by atoms with Gasteiger partial charge in [-0.05, 0) is 18.9 Å². The van der Waals surface area contributed by atoms with E-state index >= 15 is 0 Å². The van der Waals surface area contributed by atoms with E-state index < -0.39 is 0 Å². The number of aromatic nitrogens is 2. The summed E-state index contributed by atoms with van der Waals surface area (Å²) < 4.78 is 5.21. The van der Waals surface area contributed by atoms with E-state index in [-0.39, 0.29) is 6.04 Å². The maximum Gasteiger partial charge on any atom is 0.203 e. The largest absolute Gasteiger partial charge is 0.490 e. The van der Waals surface area contributed by atoms with Crippen LogP contribution in [0.4, 0.5) is 11.6 Å². The summed E-state index contributed by atoms with van der Waals surface area (Å²) in [5, 5.41) is 3.29. The average Bonchev–Trinajstić information content (AvgIpc) is 2.40. The minimum atomic E-state index is 0.214. The van der Waals surface area contributed by atoms with E-state index in [1.54, 1.807) is 7.11 Å². The molecule has 1 heterocycles. The van der Waals surface area contributed by atoms with E-state index in [2.05, 4.69) is 34.3 Å². The maximum atomic E-state index is 5.74. The summed E-state index contributed by atoms with van der Waals surface area (Å²) in [6.07, 6.45) is 2.32. The van der Waals surface area contributed by atoms with Crippen LogP contribution in [0.2, 0.25) is 0 Å². The second-order valence-corrected chi connectivity index (χ2v) is 4.38. The third kappa shape index (κ3) is 3.34. The fourth-order valence-corrected chi connectivity index (χ4v) is 1.94. The number of nitrogens with two attached hydrogens (primary N) is 1. The Morgan fingerprint density at radius 1 is 1.26 bits per heavy atom. The Bertz CT molecular complexity index is 530. The van der Waals surface area contributed by atoms with E-state index in [0.717, 1.165) is 6.42 Å². The molecule has 100 valence electrons. The van der Waals surface area contributed by atoms with Crippen molar-refractivity contribution >= 4 is 11.6 Å². The van der Waals surface area contributed by atoms with Gasteiger partial charge in [-0.25, -0.2) is 9.97 Å². The normalized spacial score (nSPS) is 11.9. The third-order valence-electron chi connectivity index (χ3n) is 2.80. The lowest BCUT2D eigenvalue weighted by Gasteiger charge is -2.17. The van der Waals surface area contributed by atoms with Gasteiger partial charge in [0.1, 0.15) is 6.33 Å². The topological polar surface area (TPSA) is 73.1 Å². The molecule has 5 nitrogen and oxygen atoms in total. The molecule has 2 aromatic rings. The summed E-state index contributed by atoms with van der Waals surface area (Å²) in [5.74, 6) is 1.45. The molecule has 1 aromatic carbocycles. The Morgan fingerprint density at radius 2 is 2.00 bits per heavy atom. The van der Waals surface area contributed by atoms with Crippen molar-refractivity contribution in [2.45, 2.75) is 19.4 Å². The Kier molecular flexibility index (Phi) is 4.18. The second-order valence-electron chi connectivity index (χ2n) is 4.38. The first-order chi connectivity index (χ1) is 9.20. The minimum Gasteiger partial charge on any atom is -0.490 e. The maximum absolute atomic E-state index is 5.74. The summed E-state index contributed by atoms with van der Waals surface area (Å²) in [7, 11) is 1.56. The summed E-state index contributed by atoms with van der Waals surface area (Å²) in [5.41, 5.74) is 7.01. The fourth-order valence-electron chi connectivity index (χ4n) is 1.94. The van der Waals surface area contributed by atoms with Gasteiger partial charge in [0.25, 0.3) is 0 Å². The van der Waals surface area contributed by atoms with Crippen molar-refractivity contribution in [1.82, 2.24) is 9.97 Å². The zero-order valence-electron chi connectivity index (χ0n) is 11.1. The van der Waals surface area contributed by atoms with Crippen LogP contribution in [0.3, 0.4) is 0 Å². The summed E-state index contributed by atoms with van der Waals surface area (Å²) >= 11 is 0. The smallest absolute Gasteiger partial charge is 0.203 e. The quantitative estimate of drug-likeness (QED) is 0.859. The molecule has 19 heavy (non-hydrogen) atoms. The summed E-state index contributed by atoms with van der Waals surface area (Å²) in [4.78, 5) is 8.07. The Hall–Kier alpha value is -2.30.